The Morgan fingerprint density at radius 1 is 1.19 bits per heavy atom. The number of hydrogen-bond donors (Lipinski definition) is 3. The number of ether oxygens (including phenoxy) is 1. The molecule has 2 aromatic rings. The number of nitrogens with two attached hydrogens (primary N) is 1. The van der Waals surface area contributed by atoms with Crippen molar-refractivity contribution in [3.63, 3.8) is 0 Å². The number of primary amides is 1. The average Bonchev–Trinajstić information content (AvgIpc) is 2.63. The highest BCUT2D eigenvalue weighted by Gasteiger charge is 2.17. The minimum atomic E-state index is -0.622. The maximum atomic E-state index is 12.3. The van der Waals surface area contributed by atoms with E-state index in [1.807, 2.05) is 26.2 Å². The number of rotatable bonds is 7. The van der Waals surface area contributed by atoms with Gasteiger partial charge in [-0.05, 0) is 50.3 Å². The summed E-state index contributed by atoms with van der Waals surface area (Å²) in [5, 5.41) is 5.59. The quantitative estimate of drug-likeness (QED) is 0.698. The van der Waals surface area contributed by atoms with Gasteiger partial charge in [0.05, 0.1) is 18.7 Å². The van der Waals surface area contributed by atoms with Crippen LogP contribution in [0, 0.1) is 6.92 Å². The van der Waals surface area contributed by atoms with Crippen LogP contribution in [-0.2, 0) is 0 Å². The average molecular weight is 370 g/mol. The van der Waals surface area contributed by atoms with Gasteiger partial charge in [-0.2, -0.15) is 0 Å². The molecule has 7 nitrogen and oxygen atoms in total. The summed E-state index contributed by atoms with van der Waals surface area (Å²) in [5.41, 5.74) is 8.34. The maximum Gasteiger partial charge on any atom is 0.319 e. The maximum absolute atomic E-state index is 12.3. The Labute approximate surface area is 159 Å². The van der Waals surface area contributed by atoms with Crippen LogP contribution in [-0.4, -0.2) is 44.6 Å². The number of hydrogen-bond acceptors (Lipinski definition) is 4. The smallest absolute Gasteiger partial charge is 0.319 e. The molecule has 2 aromatic carbocycles. The molecule has 0 aliphatic carbocycles. The summed E-state index contributed by atoms with van der Waals surface area (Å²) in [6.07, 6.45) is 0. The minimum absolute atomic E-state index is 0.0361. The van der Waals surface area contributed by atoms with Gasteiger partial charge in [-0.3, -0.25) is 4.79 Å². The summed E-state index contributed by atoms with van der Waals surface area (Å²) in [5.74, 6) is -0.260. The van der Waals surface area contributed by atoms with Gasteiger partial charge in [0.15, 0.2) is 0 Å². The molecule has 7 heteroatoms. The Morgan fingerprint density at radius 2 is 1.89 bits per heavy atom. The van der Waals surface area contributed by atoms with E-state index in [9.17, 15) is 9.59 Å². The molecular formula is C20H26N4O3. The molecule has 1 atom stereocenters. The van der Waals surface area contributed by atoms with Gasteiger partial charge in [-0.25, -0.2) is 4.79 Å². The zero-order valence-corrected chi connectivity index (χ0v) is 16.1. The van der Waals surface area contributed by atoms with Crippen LogP contribution >= 0.6 is 0 Å². The van der Waals surface area contributed by atoms with Crippen molar-refractivity contribution in [2.75, 3.05) is 33.1 Å². The van der Waals surface area contributed by atoms with Crippen LogP contribution in [0.15, 0.2) is 42.5 Å². The highest BCUT2D eigenvalue weighted by molar-refractivity contribution is 5.98. The second-order valence-electron chi connectivity index (χ2n) is 6.45. The van der Waals surface area contributed by atoms with Gasteiger partial charge in [-0.15, -0.1) is 0 Å². The van der Waals surface area contributed by atoms with E-state index in [0.29, 0.717) is 18.0 Å². The zero-order valence-electron chi connectivity index (χ0n) is 16.1. The van der Waals surface area contributed by atoms with Crippen molar-refractivity contribution >= 4 is 17.6 Å². The number of carbonyl (C=O) groups excluding carboxylic acids is 2. The summed E-state index contributed by atoms with van der Waals surface area (Å²) in [4.78, 5) is 25.9. The molecule has 2 rings (SSSR count). The van der Waals surface area contributed by atoms with E-state index in [1.54, 1.807) is 12.1 Å². The summed E-state index contributed by atoms with van der Waals surface area (Å²) in [6, 6.07) is 12.5. The number of likely N-dealkylation sites (N-methyl/N-ethyl adjacent to an activating group) is 1. The molecule has 0 fully saturated rings. The number of methoxy groups -OCH3 is 1. The molecule has 0 aliphatic rings. The summed E-state index contributed by atoms with van der Waals surface area (Å²) in [6.45, 7) is 2.48. The topological polar surface area (TPSA) is 96.7 Å². The molecule has 0 radical (unpaired) electrons. The van der Waals surface area contributed by atoms with Gasteiger partial charge in [0.2, 0.25) is 0 Å². The number of carbonyl (C=O) groups is 2. The van der Waals surface area contributed by atoms with Crippen molar-refractivity contribution < 1.29 is 14.3 Å². The molecule has 0 heterocycles. The Hall–Kier alpha value is -3.06. The summed E-state index contributed by atoms with van der Waals surface area (Å²) < 4.78 is 5.10. The fourth-order valence-corrected chi connectivity index (χ4v) is 2.87. The number of urea groups is 1. The van der Waals surface area contributed by atoms with Crippen molar-refractivity contribution in [2.24, 2.45) is 5.73 Å². The van der Waals surface area contributed by atoms with E-state index in [-0.39, 0.29) is 17.6 Å². The molecule has 0 aliphatic heterocycles. The monoisotopic (exact) mass is 370 g/mol. The van der Waals surface area contributed by atoms with Crippen LogP contribution in [0.2, 0.25) is 0 Å². The van der Waals surface area contributed by atoms with E-state index >= 15 is 0 Å². The lowest BCUT2D eigenvalue weighted by Gasteiger charge is -2.26. The second-order valence-corrected chi connectivity index (χ2v) is 6.45. The lowest BCUT2D eigenvalue weighted by Crippen LogP contribution is -2.37. The highest BCUT2D eigenvalue weighted by atomic mass is 16.5. The third kappa shape index (κ3) is 5.21. The number of anilines is 1. The third-order valence-electron chi connectivity index (χ3n) is 4.35. The first kappa shape index (κ1) is 20.3. The Balaban J connectivity index is 2.06. The highest BCUT2D eigenvalue weighted by Crippen LogP contribution is 2.23. The van der Waals surface area contributed by atoms with Gasteiger partial charge in [0.25, 0.3) is 5.91 Å². The fourth-order valence-electron chi connectivity index (χ4n) is 2.87. The van der Waals surface area contributed by atoms with Gasteiger partial charge in [0, 0.05) is 12.2 Å². The molecule has 3 amide bonds. The first-order valence-electron chi connectivity index (χ1n) is 8.58. The summed E-state index contributed by atoms with van der Waals surface area (Å²) >= 11 is 0. The molecular weight excluding hydrogens is 344 g/mol. The van der Waals surface area contributed by atoms with Crippen LogP contribution in [0.4, 0.5) is 10.5 Å². The van der Waals surface area contributed by atoms with Crippen molar-refractivity contribution in [1.29, 1.82) is 0 Å². The van der Waals surface area contributed by atoms with Crippen molar-refractivity contribution in [3.8, 4) is 5.75 Å². The number of aryl methyl sites for hydroxylation is 1. The van der Waals surface area contributed by atoms with Crippen LogP contribution in [0.1, 0.15) is 27.5 Å². The van der Waals surface area contributed by atoms with Crippen LogP contribution in [0.3, 0.4) is 0 Å². The second kappa shape index (κ2) is 9.05. The van der Waals surface area contributed by atoms with E-state index in [2.05, 4.69) is 34.6 Å². The number of nitrogens with one attached hydrogen (secondary N) is 2. The standard InChI is InChI=1S/C20H26N4O3/c1-13-7-5-6-8-15(13)17(24(2)3)12-22-20(26)23-14-9-10-18(27-4)16(11-14)19(21)25/h5-11,17H,12H2,1-4H3,(H2,21,25)(H2,22,23,26). The summed E-state index contributed by atoms with van der Waals surface area (Å²) in [7, 11) is 5.40. The Morgan fingerprint density at radius 3 is 2.48 bits per heavy atom. The lowest BCUT2D eigenvalue weighted by molar-refractivity contribution is 0.0997. The largest absolute Gasteiger partial charge is 0.496 e. The predicted molar refractivity (Wildman–Crippen MR) is 106 cm³/mol. The molecule has 0 bridgehead atoms. The van der Waals surface area contributed by atoms with E-state index in [4.69, 9.17) is 10.5 Å². The van der Waals surface area contributed by atoms with Crippen LogP contribution < -0.4 is 21.1 Å². The van der Waals surface area contributed by atoms with E-state index in [0.717, 1.165) is 5.56 Å². The van der Waals surface area contributed by atoms with Crippen LogP contribution in [0.5, 0.6) is 5.75 Å². The Bertz CT molecular complexity index is 821. The first-order valence-corrected chi connectivity index (χ1v) is 8.58. The normalized spacial score (nSPS) is 11.7. The van der Waals surface area contributed by atoms with Crippen molar-refractivity contribution in [2.45, 2.75) is 13.0 Å². The molecule has 4 N–H and O–H groups in total. The van der Waals surface area contributed by atoms with E-state index < -0.39 is 5.91 Å². The first-order chi connectivity index (χ1) is 12.8. The van der Waals surface area contributed by atoms with Crippen molar-refractivity contribution in [3.05, 3.63) is 59.2 Å². The third-order valence-corrected chi connectivity index (χ3v) is 4.35. The number of amides is 3. The van der Waals surface area contributed by atoms with Gasteiger partial charge in [0.1, 0.15) is 5.75 Å². The molecule has 0 saturated heterocycles. The minimum Gasteiger partial charge on any atom is -0.496 e. The Kier molecular flexibility index (Phi) is 6.79. The molecule has 0 spiro atoms. The van der Waals surface area contributed by atoms with E-state index in [1.165, 1.54) is 18.7 Å². The van der Waals surface area contributed by atoms with Gasteiger partial charge in [-0.1, -0.05) is 24.3 Å². The predicted octanol–water partition coefficient (Wildman–Crippen LogP) is 2.53. The lowest BCUT2D eigenvalue weighted by atomic mass is 10.0. The SMILES string of the molecule is COc1ccc(NC(=O)NCC(c2ccccc2C)N(C)C)cc1C(N)=O. The molecule has 144 valence electrons. The fraction of sp³-hybridized carbons (Fsp3) is 0.300. The van der Waals surface area contributed by atoms with Crippen LogP contribution in [0.25, 0.3) is 0 Å². The van der Waals surface area contributed by atoms with Crippen molar-refractivity contribution in [1.82, 2.24) is 10.2 Å². The van der Waals surface area contributed by atoms with Gasteiger partial charge >= 0.3 is 6.03 Å². The molecule has 0 saturated carbocycles. The molecule has 0 aromatic heterocycles. The van der Waals surface area contributed by atoms with Gasteiger partial charge < -0.3 is 26.0 Å². The molecule has 27 heavy (non-hydrogen) atoms. The zero-order chi connectivity index (χ0) is 20.0. The number of benzene rings is 2. The number of nitrogens with zero attached hydrogens (tertiary/aromatic N) is 1. The molecule has 1 unspecified atom stereocenters.